The molecule has 5 aliphatic rings. The summed E-state index contributed by atoms with van der Waals surface area (Å²) in [5.74, 6) is 1.07. The summed E-state index contributed by atoms with van der Waals surface area (Å²) in [4.78, 5) is 24.5. The standard InChI is InChI=1S/C32H52O5/c1-20(34)37-27(2,3)21-12-18-32(19-33)22(21)11-16-31(7)25(32)10-9-24-28(4)14-8-15-29(5,26(35)36)23(28)13-17-30(24,31)6/h21-25,33H,8-19H2,1-7H3,(H,35,36)/t21-,22-,23-,24+,25-,28-,29+,30+,31+,32+/m0/s1. The molecule has 0 radical (unpaired) electrons. The molecule has 2 N–H and O–H groups in total. The van der Waals surface area contributed by atoms with Gasteiger partial charge in [0.25, 0.3) is 0 Å². The van der Waals surface area contributed by atoms with Crippen molar-refractivity contribution in [3.63, 3.8) is 0 Å². The minimum absolute atomic E-state index is 0.0606. The van der Waals surface area contributed by atoms with Crippen LogP contribution >= 0.6 is 0 Å². The molecule has 10 atom stereocenters. The van der Waals surface area contributed by atoms with Crippen molar-refractivity contribution in [2.45, 2.75) is 125 Å². The van der Waals surface area contributed by atoms with Crippen LogP contribution in [0.15, 0.2) is 0 Å². The van der Waals surface area contributed by atoms with Gasteiger partial charge < -0.3 is 14.9 Å². The molecule has 5 heteroatoms. The molecule has 0 spiro atoms. The highest BCUT2D eigenvalue weighted by Crippen LogP contribution is 2.78. The second-order valence-electron chi connectivity index (χ2n) is 15.6. The lowest BCUT2D eigenvalue weighted by Crippen LogP contribution is -2.67. The number of ether oxygens (including phenoxy) is 1. The van der Waals surface area contributed by atoms with Gasteiger partial charge in [0, 0.05) is 24.9 Å². The number of carbonyl (C=O) groups is 2. The zero-order chi connectivity index (χ0) is 27.2. The monoisotopic (exact) mass is 516 g/mol. The summed E-state index contributed by atoms with van der Waals surface area (Å²) in [5.41, 5.74) is -0.905. The Bertz CT molecular complexity index is 959. The fourth-order valence-corrected chi connectivity index (χ4v) is 12.5. The Morgan fingerprint density at radius 1 is 0.838 bits per heavy atom. The Morgan fingerprint density at radius 2 is 1.46 bits per heavy atom. The van der Waals surface area contributed by atoms with Crippen molar-refractivity contribution in [3.05, 3.63) is 0 Å². The van der Waals surface area contributed by atoms with Gasteiger partial charge in [-0.15, -0.1) is 0 Å². The van der Waals surface area contributed by atoms with E-state index in [4.69, 9.17) is 4.74 Å². The number of hydrogen-bond donors (Lipinski definition) is 2. The van der Waals surface area contributed by atoms with E-state index in [-0.39, 0.29) is 46.1 Å². The molecule has 0 unspecified atom stereocenters. The van der Waals surface area contributed by atoms with Crippen molar-refractivity contribution in [1.29, 1.82) is 0 Å². The number of carboxylic acids is 1. The highest BCUT2D eigenvalue weighted by Gasteiger charge is 2.72. The van der Waals surface area contributed by atoms with Gasteiger partial charge in [0.1, 0.15) is 5.60 Å². The predicted molar refractivity (Wildman–Crippen MR) is 144 cm³/mol. The summed E-state index contributed by atoms with van der Waals surface area (Å²) in [7, 11) is 0. The van der Waals surface area contributed by atoms with Crippen LogP contribution in [-0.2, 0) is 14.3 Å². The molecule has 0 saturated heterocycles. The first kappa shape index (κ1) is 27.5. The fourth-order valence-electron chi connectivity index (χ4n) is 12.5. The van der Waals surface area contributed by atoms with Gasteiger partial charge in [-0.3, -0.25) is 9.59 Å². The van der Waals surface area contributed by atoms with Crippen LogP contribution in [0.2, 0.25) is 0 Å². The molecule has 0 aromatic heterocycles. The molecule has 0 bridgehead atoms. The van der Waals surface area contributed by atoms with Crippen molar-refractivity contribution < 1.29 is 24.5 Å². The zero-order valence-corrected chi connectivity index (χ0v) is 24.5. The van der Waals surface area contributed by atoms with E-state index in [0.29, 0.717) is 17.8 Å². The third-order valence-corrected chi connectivity index (χ3v) is 14.2. The quantitative estimate of drug-likeness (QED) is 0.399. The molecule has 0 amide bonds. The summed E-state index contributed by atoms with van der Waals surface area (Å²) in [6, 6.07) is 0. The summed E-state index contributed by atoms with van der Waals surface area (Å²) in [6.07, 6.45) is 11.6. The second kappa shape index (κ2) is 8.45. The van der Waals surface area contributed by atoms with Crippen LogP contribution in [-0.4, -0.2) is 34.4 Å². The Morgan fingerprint density at radius 3 is 2.08 bits per heavy atom. The van der Waals surface area contributed by atoms with Crippen LogP contribution in [0.1, 0.15) is 119 Å². The molecule has 5 fully saturated rings. The molecule has 5 saturated carbocycles. The Hall–Kier alpha value is -1.10. The minimum atomic E-state index is -0.614. The van der Waals surface area contributed by atoms with Crippen molar-refractivity contribution in [2.75, 3.05) is 6.61 Å². The van der Waals surface area contributed by atoms with Gasteiger partial charge in [-0.2, -0.15) is 0 Å². The number of hydrogen-bond acceptors (Lipinski definition) is 4. The molecule has 0 aromatic rings. The molecular formula is C32H52O5. The first-order chi connectivity index (χ1) is 17.1. The lowest BCUT2D eigenvalue weighted by molar-refractivity contribution is -0.252. The van der Waals surface area contributed by atoms with E-state index in [1.165, 1.54) is 6.92 Å². The largest absolute Gasteiger partial charge is 0.481 e. The number of fused-ring (bicyclic) bond motifs is 7. The normalized spacial score (nSPS) is 51.3. The average molecular weight is 517 g/mol. The smallest absolute Gasteiger partial charge is 0.309 e. The molecule has 37 heavy (non-hydrogen) atoms. The third kappa shape index (κ3) is 3.43. The van der Waals surface area contributed by atoms with Crippen LogP contribution in [0.4, 0.5) is 0 Å². The summed E-state index contributed by atoms with van der Waals surface area (Å²) >= 11 is 0. The van der Waals surface area contributed by atoms with Gasteiger partial charge in [-0.1, -0.05) is 27.2 Å². The second-order valence-corrected chi connectivity index (χ2v) is 15.6. The third-order valence-electron chi connectivity index (χ3n) is 14.2. The maximum atomic E-state index is 12.5. The van der Waals surface area contributed by atoms with Crippen LogP contribution in [0, 0.1) is 56.7 Å². The van der Waals surface area contributed by atoms with E-state index in [1.807, 2.05) is 6.92 Å². The number of rotatable bonds is 4. The first-order valence-electron chi connectivity index (χ1n) is 15.2. The van der Waals surface area contributed by atoms with E-state index >= 15 is 0 Å². The molecule has 0 aliphatic heterocycles. The maximum absolute atomic E-state index is 12.5. The van der Waals surface area contributed by atoms with Gasteiger partial charge in [0.15, 0.2) is 0 Å². The Labute approximate surface area is 224 Å². The maximum Gasteiger partial charge on any atom is 0.309 e. The van der Waals surface area contributed by atoms with Gasteiger partial charge in [0.2, 0.25) is 0 Å². The van der Waals surface area contributed by atoms with E-state index < -0.39 is 17.0 Å². The summed E-state index contributed by atoms with van der Waals surface area (Å²) in [6.45, 7) is 15.5. The molecule has 210 valence electrons. The van der Waals surface area contributed by atoms with Gasteiger partial charge in [-0.05, 0) is 125 Å². The molecule has 0 aromatic carbocycles. The first-order valence-corrected chi connectivity index (χ1v) is 15.2. The predicted octanol–water partition coefficient (Wildman–Crippen LogP) is 6.86. The Kier molecular flexibility index (Phi) is 6.27. The van der Waals surface area contributed by atoms with Gasteiger partial charge >= 0.3 is 11.9 Å². The Balaban J connectivity index is 1.51. The van der Waals surface area contributed by atoms with Crippen LogP contribution in [0.5, 0.6) is 0 Å². The van der Waals surface area contributed by atoms with E-state index in [0.717, 1.165) is 70.6 Å². The number of aliphatic carboxylic acids is 1. The van der Waals surface area contributed by atoms with Crippen molar-refractivity contribution in [1.82, 2.24) is 0 Å². The fraction of sp³-hybridized carbons (Fsp3) is 0.938. The van der Waals surface area contributed by atoms with E-state index in [1.54, 1.807) is 0 Å². The number of carboxylic acid groups (broad SMARTS) is 1. The average Bonchev–Trinajstić information content (AvgIpc) is 3.19. The van der Waals surface area contributed by atoms with E-state index in [2.05, 4.69) is 34.6 Å². The van der Waals surface area contributed by atoms with E-state index in [9.17, 15) is 19.8 Å². The number of esters is 1. The molecular weight excluding hydrogens is 464 g/mol. The molecule has 5 aliphatic carbocycles. The van der Waals surface area contributed by atoms with Crippen molar-refractivity contribution in [2.24, 2.45) is 56.7 Å². The SMILES string of the molecule is CC(=O)OC(C)(C)[C@H]1CC[C@]2(CO)[C@H]3CC[C@@H]4[C@@]5(C)CCC[C@@](C)(C(=O)O)[C@H]5CC[C@@]4(C)[C@]3(C)CC[C@@H]12. The highest BCUT2D eigenvalue weighted by atomic mass is 16.6. The highest BCUT2D eigenvalue weighted by molar-refractivity contribution is 5.75. The molecule has 0 heterocycles. The minimum Gasteiger partial charge on any atom is -0.481 e. The van der Waals surface area contributed by atoms with Gasteiger partial charge in [-0.25, -0.2) is 0 Å². The molecule has 5 rings (SSSR count). The van der Waals surface area contributed by atoms with Gasteiger partial charge in [0.05, 0.1) is 5.41 Å². The van der Waals surface area contributed by atoms with Crippen LogP contribution < -0.4 is 0 Å². The lowest BCUT2D eigenvalue weighted by Gasteiger charge is -2.73. The number of aliphatic hydroxyl groups excluding tert-OH is 1. The summed E-state index contributed by atoms with van der Waals surface area (Å²) in [5, 5.41) is 21.4. The van der Waals surface area contributed by atoms with Crippen molar-refractivity contribution in [3.8, 4) is 0 Å². The van der Waals surface area contributed by atoms with Crippen LogP contribution in [0.3, 0.4) is 0 Å². The lowest BCUT2D eigenvalue weighted by atomic mass is 9.31. The van der Waals surface area contributed by atoms with Crippen LogP contribution in [0.25, 0.3) is 0 Å². The number of aliphatic hydroxyl groups is 1. The number of carbonyl (C=O) groups excluding carboxylic acids is 1. The molecule has 5 nitrogen and oxygen atoms in total. The summed E-state index contributed by atoms with van der Waals surface area (Å²) < 4.78 is 5.87. The van der Waals surface area contributed by atoms with Crippen molar-refractivity contribution >= 4 is 11.9 Å². The zero-order valence-electron chi connectivity index (χ0n) is 24.5. The topological polar surface area (TPSA) is 83.8 Å².